The van der Waals surface area contributed by atoms with Crippen LogP contribution < -0.4 is 0 Å². The molecule has 1 nitrogen and oxygen atoms in total. The van der Waals surface area contributed by atoms with Crippen molar-refractivity contribution in [3.8, 4) is 0 Å². The monoisotopic (exact) mass is 222 g/mol. The average molecular weight is 222 g/mol. The molecule has 92 valence electrons. The zero-order chi connectivity index (χ0) is 11.9. The van der Waals surface area contributed by atoms with Crippen LogP contribution >= 0.6 is 0 Å². The fourth-order valence-corrected chi connectivity index (χ4v) is 3.79. The Morgan fingerprint density at radius 3 is 2.62 bits per heavy atom. The molecule has 2 rings (SSSR count). The Bertz CT molecular complexity index is 301. The van der Waals surface area contributed by atoms with Crippen molar-refractivity contribution in [1.82, 2.24) is 0 Å². The highest BCUT2D eigenvalue weighted by atomic mass is 16.3. The van der Waals surface area contributed by atoms with E-state index in [1.54, 1.807) is 5.57 Å². The van der Waals surface area contributed by atoms with E-state index in [-0.39, 0.29) is 0 Å². The first kappa shape index (κ1) is 12.2. The Labute approximate surface area is 99.9 Å². The molecule has 1 saturated carbocycles. The van der Waals surface area contributed by atoms with Crippen LogP contribution in [-0.2, 0) is 0 Å². The van der Waals surface area contributed by atoms with Crippen LogP contribution in [0.5, 0.6) is 0 Å². The van der Waals surface area contributed by atoms with Crippen LogP contribution in [0, 0.1) is 23.2 Å². The van der Waals surface area contributed by atoms with Crippen molar-refractivity contribution < 1.29 is 5.11 Å². The molecule has 0 aromatic heterocycles. The predicted octanol–water partition coefficient (Wildman–Crippen LogP) is 3.78. The molecule has 0 spiro atoms. The van der Waals surface area contributed by atoms with Crippen molar-refractivity contribution in [1.29, 1.82) is 0 Å². The number of aliphatic hydroxyl groups excluding tert-OH is 1. The highest BCUT2D eigenvalue weighted by Crippen LogP contribution is 2.52. The van der Waals surface area contributed by atoms with Gasteiger partial charge in [-0.2, -0.15) is 0 Å². The van der Waals surface area contributed by atoms with Crippen molar-refractivity contribution >= 4 is 0 Å². The third-order valence-electron chi connectivity index (χ3n) is 4.89. The van der Waals surface area contributed by atoms with E-state index in [0.717, 1.165) is 11.8 Å². The molecule has 0 heterocycles. The Morgan fingerprint density at radius 2 is 2.00 bits per heavy atom. The standard InChI is InChI=1S/C15H26O/c1-10-5-6-12(9-16)11(2)14-8-15(3,4)7-13(10)14/h10,12-13,16H,5-9H2,1-4H3. The molecule has 0 radical (unpaired) electrons. The van der Waals surface area contributed by atoms with E-state index < -0.39 is 0 Å². The number of allylic oxidation sites excluding steroid dienone is 1. The number of hydrogen-bond donors (Lipinski definition) is 1. The van der Waals surface area contributed by atoms with Crippen LogP contribution in [0.15, 0.2) is 11.1 Å². The first-order chi connectivity index (χ1) is 7.44. The summed E-state index contributed by atoms with van der Waals surface area (Å²) < 4.78 is 0. The van der Waals surface area contributed by atoms with Crippen LogP contribution in [0.25, 0.3) is 0 Å². The van der Waals surface area contributed by atoms with Crippen molar-refractivity contribution in [2.45, 2.75) is 53.4 Å². The van der Waals surface area contributed by atoms with E-state index in [1.165, 1.54) is 31.3 Å². The van der Waals surface area contributed by atoms with Crippen molar-refractivity contribution in [2.75, 3.05) is 6.61 Å². The molecule has 0 amide bonds. The van der Waals surface area contributed by atoms with Gasteiger partial charge in [0.25, 0.3) is 0 Å². The van der Waals surface area contributed by atoms with E-state index >= 15 is 0 Å². The van der Waals surface area contributed by atoms with Crippen LogP contribution in [0.1, 0.15) is 53.4 Å². The second kappa shape index (κ2) is 4.18. The maximum atomic E-state index is 9.49. The minimum absolute atomic E-state index is 0.342. The smallest absolute Gasteiger partial charge is 0.0496 e. The maximum Gasteiger partial charge on any atom is 0.0496 e. The molecule has 3 unspecified atom stereocenters. The summed E-state index contributed by atoms with van der Waals surface area (Å²) in [5.41, 5.74) is 3.68. The Morgan fingerprint density at radius 1 is 1.31 bits per heavy atom. The second-order valence-electron chi connectivity index (χ2n) is 6.79. The van der Waals surface area contributed by atoms with Crippen molar-refractivity contribution in [3.63, 3.8) is 0 Å². The third kappa shape index (κ3) is 2.07. The fraction of sp³-hybridized carbons (Fsp3) is 0.867. The quantitative estimate of drug-likeness (QED) is 0.669. The van der Waals surface area contributed by atoms with Gasteiger partial charge in [0.05, 0.1) is 0 Å². The molecule has 0 aromatic rings. The summed E-state index contributed by atoms with van der Waals surface area (Å²) in [6.07, 6.45) is 5.07. The molecule has 2 aliphatic rings. The highest BCUT2D eigenvalue weighted by Gasteiger charge is 2.40. The number of rotatable bonds is 1. The number of aliphatic hydroxyl groups is 1. The second-order valence-corrected chi connectivity index (χ2v) is 6.79. The Balaban J connectivity index is 2.34. The largest absolute Gasteiger partial charge is 0.396 e. The SMILES string of the molecule is CC1=C2CC(C)(C)CC2C(C)CCC1CO. The van der Waals surface area contributed by atoms with Gasteiger partial charge in [-0.3, -0.25) is 0 Å². The van der Waals surface area contributed by atoms with E-state index in [0.29, 0.717) is 17.9 Å². The summed E-state index contributed by atoms with van der Waals surface area (Å²) in [5, 5.41) is 9.49. The maximum absolute atomic E-state index is 9.49. The van der Waals surface area contributed by atoms with Gasteiger partial charge in [0, 0.05) is 12.5 Å². The minimum atomic E-state index is 0.342. The minimum Gasteiger partial charge on any atom is -0.396 e. The summed E-state index contributed by atoms with van der Waals surface area (Å²) in [6, 6.07) is 0. The topological polar surface area (TPSA) is 20.2 Å². The molecule has 1 heteroatoms. The summed E-state index contributed by atoms with van der Waals surface area (Å²) in [7, 11) is 0. The molecule has 0 bridgehead atoms. The Hall–Kier alpha value is -0.300. The molecule has 1 N–H and O–H groups in total. The van der Waals surface area contributed by atoms with Gasteiger partial charge in [-0.25, -0.2) is 0 Å². The van der Waals surface area contributed by atoms with Crippen LogP contribution in [0.4, 0.5) is 0 Å². The third-order valence-corrected chi connectivity index (χ3v) is 4.89. The van der Waals surface area contributed by atoms with Gasteiger partial charge in [-0.1, -0.05) is 31.9 Å². The Kier molecular flexibility index (Phi) is 3.18. The van der Waals surface area contributed by atoms with E-state index in [1.807, 2.05) is 0 Å². The summed E-state index contributed by atoms with van der Waals surface area (Å²) >= 11 is 0. The lowest BCUT2D eigenvalue weighted by Gasteiger charge is -2.21. The average Bonchev–Trinajstić information content (AvgIpc) is 2.50. The molecule has 3 atom stereocenters. The molecule has 16 heavy (non-hydrogen) atoms. The molecular weight excluding hydrogens is 196 g/mol. The lowest BCUT2D eigenvalue weighted by molar-refractivity contribution is 0.229. The van der Waals surface area contributed by atoms with Gasteiger partial charge in [-0.05, 0) is 49.9 Å². The summed E-state index contributed by atoms with van der Waals surface area (Å²) in [6.45, 7) is 9.79. The molecule has 0 aromatic carbocycles. The van der Waals surface area contributed by atoms with Crippen LogP contribution in [-0.4, -0.2) is 11.7 Å². The van der Waals surface area contributed by atoms with E-state index in [9.17, 15) is 5.11 Å². The molecular formula is C15H26O. The van der Waals surface area contributed by atoms with Gasteiger partial charge < -0.3 is 5.11 Å². The molecule has 0 aliphatic heterocycles. The van der Waals surface area contributed by atoms with Crippen molar-refractivity contribution in [2.24, 2.45) is 23.2 Å². The summed E-state index contributed by atoms with van der Waals surface area (Å²) in [4.78, 5) is 0. The lowest BCUT2D eigenvalue weighted by atomic mass is 9.84. The first-order valence-electron chi connectivity index (χ1n) is 6.75. The summed E-state index contributed by atoms with van der Waals surface area (Å²) in [5.74, 6) is 2.05. The molecule has 2 aliphatic carbocycles. The van der Waals surface area contributed by atoms with E-state index in [4.69, 9.17) is 0 Å². The number of fused-ring (bicyclic) bond motifs is 1. The zero-order valence-electron chi connectivity index (χ0n) is 11.2. The first-order valence-corrected chi connectivity index (χ1v) is 6.75. The van der Waals surface area contributed by atoms with E-state index in [2.05, 4.69) is 27.7 Å². The van der Waals surface area contributed by atoms with Gasteiger partial charge >= 0.3 is 0 Å². The van der Waals surface area contributed by atoms with Crippen molar-refractivity contribution in [3.05, 3.63) is 11.1 Å². The highest BCUT2D eigenvalue weighted by molar-refractivity contribution is 5.26. The zero-order valence-corrected chi connectivity index (χ0v) is 11.2. The van der Waals surface area contributed by atoms with Gasteiger partial charge in [0.2, 0.25) is 0 Å². The van der Waals surface area contributed by atoms with Crippen LogP contribution in [0.3, 0.4) is 0 Å². The van der Waals surface area contributed by atoms with Gasteiger partial charge in [0.1, 0.15) is 0 Å². The predicted molar refractivity (Wildman–Crippen MR) is 68.2 cm³/mol. The molecule has 1 fully saturated rings. The van der Waals surface area contributed by atoms with Gasteiger partial charge in [-0.15, -0.1) is 0 Å². The lowest BCUT2D eigenvalue weighted by Crippen LogP contribution is -2.11. The van der Waals surface area contributed by atoms with Crippen LogP contribution in [0.2, 0.25) is 0 Å². The normalized spacial score (nSPS) is 38.4. The molecule has 0 saturated heterocycles. The fourth-order valence-electron chi connectivity index (χ4n) is 3.79. The number of hydrogen-bond acceptors (Lipinski definition) is 1. The van der Waals surface area contributed by atoms with Gasteiger partial charge in [0.15, 0.2) is 0 Å².